The fourth-order valence-corrected chi connectivity index (χ4v) is 3.72. The lowest BCUT2D eigenvalue weighted by molar-refractivity contribution is 0.266. The van der Waals surface area contributed by atoms with Gasteiger partial charge in [0.15, 0.2) is 11.5 Å². The number of methoxy groups -OCH3 is 1. The van der Waals surface area contributed by atoms with Gasteiger partial charge in [0.25, 0.3) is 0 Å². The highest BCUT2D eigenvalue weighted by molar-refractivity contribution is 5.82. The van der Waals surface area contributed by atoms with Crippen LogP contribution >= 0.6 is 0 Å². The second-order valence-corrected chi connectivity index (χ2v) is 7.46. The minimum Gasteiger partial charge on any atom is -0.496 e. The van der Waals surface area contributed by atoms with Crippen molar-refractivity contribution in [2.24, 2.45) is 0 Å². The van der Waals surface area contributed by atoms with Gasteiger partial charge in [0, 0.05) is 12.1 Å². The first kappa shape index (κ1) is 22.6. The Morgan fingerprint density at radius 2 is 1.90 bits per heavy atom. The summed E-state index contributed by atoms with van der Waals surface area (Å²) in [6.07, 6.45) is 2.24. The second-order valence-electron chi connectivity index (χ2n) is 7.46. The van der Waals surface area contributed by atoms with Gasteiger partial charge < -0.3 is 20.2 Å². The number of H-pyrrole nitrogens is 1. The van der Waals surface area contributed by atoms with Gasteiger partial charge in [0.1, 0.15) is 11.3 Å². The first-order valence-corrected chi connectivity index (χ1v) is 10.8. The molecule has 3 rings (SSSR count). The standard InChI is InChI=1S/C22H32N6O3/c1-5-10-27(11-6-2)13-15-8-9-16(17(12-15)30-4)14-28-20-18(24-22(28)29)19(23)25-21(26-20)31-7-3/h8-9,12H,5-7,10-11,13-14H2,1-4H3,(H,24,29)(H2,23,25,26). The Balaban J connectivity index is 1.92. The maximum absolute atomic E-state index is 12.6. The summed E-state index contributed by atoms with van der Waals surface area (Å²) < 4.78 is 12.6. The minimum absolute atomic E-state index is 0.148. The highest BCUT2D eigenvalue weighted by Gasteiger charge is 2.16. The number of nitrogens with zero attached hydrogens (tertiary/aromatic N) is 4. The van der Waals surface area contributed by atoms with Crippen LogP contribution in [0.2, 0.25) is 0 Å². The Hall–Kier alpha value is -3.07. The molecule has 0 aliphatic heterocycles. The molecule has 0 saturated carbocycles. The van der Waals surface area contributed by atoms with E-state index in [0.29, 0.717) is 17.8 Å². The van der Waals surface area contributed by atoms with Gasteiger partial charge >= 0.3 is 11.7 Å². The zero-order valence-corrected chi connectivity index (χ0v) is 18.8. The molecule has 0 bridgehead atoms. The van der Waals surface area contributed by atoms with Gasteiger partial charge in [-0.25, -0.2) is 4.79 Å². The number of nitrogen functional groups attached to an aromatic ring is 1. The molecule has 2 heterocycles. The molecule has 0 fully saturated rings. The van der Waals surface area contributed by atoms with E-state index in [1.54, 1.807) is 7.11 Å². The summed E-state index contributed by atoms with van der Waals surface area (Å²) in [6, 6.07) is 6.28. The van der Waals surface area contributed by atoms with Crippen LogP contribution in [0.5, 0.6) is 11.8 Å². The van der Waals surface area contributed by atoms with Crippen molar-refractivity contribution in [3.8, 4) is 11.8 Å². The summed E-state index contributed by atoms with van der Waals surface area (Å²) in [7, 11) is 1.64. The van der Waals surface area contributed by atoms with Crippen LogP contribution in [0.25, 0.3) is 11.2 Å². The highest BCUT2D eigenvalue weighted by atomic mass is 16.5. The van der Waals surface area contributed by atoms with E-state index in [1.165, 1.54) is 10.1 Å². The van der Waals surface area contributed by atoms with Crippen molar-refractivity contribution < 1.29 is 9.47 Å². The number of benzene rings is 1. The number of hydrogen-bond acceptors (Lipinski definition) is 7. The lowest BCUT2D eigenvalue weighted by Gasteiger charge is -2.21. The predicted octanol–water partition coefficient (Wildman–Crippen LogP) is 2.78. The topological polar surface area (TPSA) is 111 Å². The third-order valence-corrected chi connectivity index (χ3v) is 5.07. The van der Waals surface area contributed by atoms with Crippen molar-refractivity contribution in [3.05, 3.63) is 39.8 Å². The third kappa shape index (κ3) is 5.16. The smallest absolute Gasteiger partial charge is 0.328 e. The van der Waals surface area contributed by atoms with E-state index in [-0.39, 0.29) is 24.1 Å². The highest BCUT2D eigenvalue weighted by Crippen LogP contribution is 2.24. The van der Waals surface area contributed by atoms with E-state index < -0.39 is 0 Å². The minimum atomic E-state index is -0.312. The third-order valence-electron chi connectivity index (χ3n) is 5.07. The lowest BCUT2D eigenvalue weighted by atomic mass is 10.1. The van der Waals surface area contributed by atoms with Crippen LogP contribution in [0.15, 0.2) is 23.0 Å². The van der Waals surface area contributed by atoms with E-state index in [2.05, 4.69) is 39.8 Å². The Kier molecular flexibility index (Phi) is 7.51. The Labute approximate surface area is 182 Å². The summed E-state index contributed by atoms with van der Waals surface area (Å²) in [5.41, 5.74) is 8.54. The fraction of sp³-hybridized carbons (Fsp3) is 0.500. The first-order valence-electron chi connectivity index (χ1n) is 10.8. The number of ether oxygens (including phenoxy) is 2. The Bertz CT molecular complexity index is 1070. The van der Waals surface area contributed by atoms with Crippen LogP contribution in [0, 0.1) is 0 Å². The van der Waals surface area contributed by atoms with Crippen molar-refractivity contribution in [3.63, 3.8) is 0 Å². The van der Waals surface area contributed by atoms with Crippen LogP contribution in [-0.2, 0) is 13.1 Å². The van der Waals surface area contributed by atoms with Crippen molar-refractivity contribution in [2.75, 3.05) is 32.5 Å². The molecule has 0 radical (unpaired) electrons. The molecule has 0 saturated heterocycles. The van der Waals surface area contributed by atoms with Crippen molar-refractivity contribution in [1.29, 1.82) is 0 Å². The number of anilines is 1. The first-order chi connectivity index (χ1) is 15.0. The molecule has 0 unspecified atom stereocenters. The number of aromatic nitrogens is 4. The molecule has 3 aromatic rings. The summed E-state index contributed by atoms with van der Waals surface area (Å²) in [4.78, 5) is 26.3. The number of hydrogen-bond donors (Lipinski definition) is 2. The zero-order valence-electron chi connectivity index (χ0n) is 18.8. The van der Waals surface area contributed by atoms with Crippen LogP contribution in [-0.4, -0.2) is 51.2 Å². The van der Waals surface area contributed by atoms with Gasteiger partial charge in [-0.05, 0) is 44.5 Å². The summed E-state index contributed by atoms with van der Waals surface area (Å²) >= 11 is 0. The molecular formula is C22H32N6O3. The van der Waals surface area contributed by atoms with Crippen molar-refractivity contribution >= 4 is 17.0 Å². The maximum atomic E-state index is 12.6. The molecule has 2 aromatic heterocycles. The van der Waals surface area contributed by atoms with Gasteiger partial charge in [-0.2, -0.15) is 9.97 Å². The molecule has 1 aromatic carbocycles. The number of rotatable bonds is 11. The number of nitrogens with two attached hydrogens (primary N) is 1. The van der Waals surface area contributed by atoms with Gasteiger partial charge in [0.2, 0.25) is 0 Å². The van der Waals surface area contributed by atoms with Crippen LogP contribution in [0.4, 0.5) is 5.82 Å². The van der Waals surface area contributed by atoms with E-state index in [9.17, 15) is 4.79 Å². The average molecular weight is 429 g/mol. The van der Waals surface area contributed by atoms with Crippen LogP contribution in [0.1, 0.15) is 44.7 Å². The van der Waals surface area contributed by atoms with Gasteiger partial charge in [-0.15, -0.1) is 0 Å². The Morgan fingerprint density at radius 3 is 2.55 bits per heavy atom. The molecular weight excluding hydrogens is 396 g/mol. The predicted molar refractivity (Wildman–Crippen MR) is 122 cm³/mol. The quantitative estimate of drug-likeness (QED) is 0.483. The lowest BCUT2D eigenvalue weighted by Crippen LogP contribution is -2.25. The molecule has 0 aliphatic carbocycles. The molecule has 0 atom stereocenters. The number of imidazole rings is 1. The van der Waals surface area contributed by atoms with Gasteiger partial charge in [-0.3, -0.25) is 9.47 Å². The summed E-state index contributed by atoms with van der Waals surface area (Å²) in [6.45, 7) is 9.91. The fourth-order valence-electron chi connectivity index (χ4n) is 3.72. The molecule has 0 amide bonds. The zero-order chi connectivity index (χ0) is 22.4. The summed E-state index contributed by atoms with van der Waals surface area (Å²) in [5, 5.41) is 0. The number of nitrogens with one attached hydrogen (secondary N) is 1. The van der Waals surface area contributed by atoms with E-state index in [0.717, 1.165) is 43.8 Å². The molecule has 9 heteroatoms. The molecule has 0 aliphatic rings. The normalized spacial score (nSPS) is 11.4. The molecule has 0 spiro atoms. The van der Waals surface area contributed by atoms with Gasteiger partial charge in [0.05, 0.1) is 20.3 Å². The molecule has 168 valence electrons. The molecule has 3 N–H and O–H groups in total. The average Bonchev–Trinajstić information content (AvgIpc) is 3.05. The van der Waals surface area contributed by atoms with Crippen molar-refractivity contribution in [2.45, 2.75) is 46.7 Å². The largest absolute Gasteiger partial charge is 0.496 e. The van der Waals surface area contributed by atoms with E-state index in [4.69, 9.17) is 15.2 Å². The number of fused-ring (bicyclic) bond motifs is 1. The SMILES string of the molecule is CCCN(CCC)Cc1ccc(Cn2c(=O)[nH]c3c(N)nc(OCC)nc32)c(OC)c1. The molecule has 31 heavy (non-hydrogen) atoms. The van der Waals surface area contributed by atoms with Crippen LogP contribution < -0.4 is 20.9 Å². The monoisotopic (exact) mass is 428 g/mol. The van der Waals surface area contributed by atoms with E-state index in [1.807, 2.05) is 19.1 Å². The maximum Gasteiger partial charge on any atom is 0.328 e. The number of aromatic amines is 1. The second kappa shape index (κ2) is 10.3. The summed E-state index contributed by atoms with van der Waals surface area (Å²) in [5.74, 6) is 0.914. The Morgan fingerprint density at radius 1 is 1.16 bits per heavy atom. The van der Waals surface area contributed by atoms with Gasteiger partial charge in [-0.1, -0.05) is 26.0 Å². The van der Waals surface area contributed by atoms with E-state index >= 15 is 0 Å². The van der Waals surface area contributed by atoms with Crippen LogP contribution in [0.3, 0.4) is 0 Å². The molecule has 9 nitrogen and oxygen atoms in total. The van der Waals surface area contributed by atoms with Crippen molar-refractivity contribution in [1.82, 2.24) is 24.4 Å².